The first-order valence-corrected chi connectivity index (χ1v) is 15.4. The molecule has 2 saturated heterocycles. The van der Waals surface area contributed by atoms with Gasteiger partial charge in [0.1, 0.15) is 29.3 Å². The number of fused-ring (bicyclic) bond motifs is 1. The first-order chi connectivity index (χ1) is 21.5. The third kappa shape index (κ3) is 6.66. The van der Waals surface area contributed by atoms with Gasteiger partial charge in [0.25, 0.3) is 0 Å². The fraction of sp³-hybridized carbons (Fsp3) is 0.375. The molecule has 0 aliphatic carbocycles. The van der Waals surface area contributed by atoms with Crippen LogP contribution in [0.15, 0.2) is 64.5 Å². The highest BCUT2D eigenvalue weighted by Crippen LogP contribution is 2.37. The lowest BCUT2D eigenvalue weighted by molar-refractivity contribution is -0.104. The van der Waals surface area contributed by atoms with Gasteiger partial charge in [0.2, 0.25) is 11.3 Å². The summed E-state index contributed by atoms with van der Waals surface area (Å²) < 4.78 is 7.71. The van der Waals surface area contributed by atoms with E-state index >= 15 is 0 Å². The number of pyridine rings is 2. The van der Waals surface area contributed by atoms with Crippen LogP contribution in [0.5, 0.6) is 0 Å². The smallest absolute Gasteiger partial charge is 0.341 e. The molecule has 2 unspecified atom stereocenters. The van der Waals surface area contributed by atoms with E-state index in [4.69, 9.17) is 27.9 Å². The number of aromatic nitrogens is 2. The van der Waals surface area contributed by atoms with Gasteiger partial charge in [-0.2, -0.15) is 0 Å². The van der Waals surface area contributed by atoms with Gasteiger partial charge in [0, 0.05) is 44.3 Å². The van der Waals surface area contributed by atoms with Crippen LogP contribution in [0.1, 0.15) is 23.7 Å². The van der Waals surface area contributed by atoms with Gasteiger partial charge in [-0.15, -0.1) is 0 Å². The summed E-state index contributed by atoms with van der Waals surface area (Å²) in [5, 5.41) is 13.6. The summed E-state index contributed by atoms with van der Waals surface area (Å²) in [6, 6.07) is 7.53. The fourth-order valence-electron chi connectivity index (χ4n) is 5.84. The number of aldehydes is 1. The van der Waals surface area contributed by atoms with E-state index in [0.717, 1.165) is 25.3 Å². The molecule has 4 heterocycles. The monoisotopic (exact) mass is 654 g/mol. The molecular formula is C32H36Cl2N6O5. The van der Waals surface area contributed by atoms with Crippen LogP contribution in [0.4, 0.5) is 11.5 Å². The molecule has 13 heteroatoms. The third-order valence-corrected chi connectivity index (χ3v) is 8.95. The summed E-state index contributed by atoms with van der Waals surface area (Å²) >= 11 is 13.1. The van der Waals surface area contributed by atoms with Gasteiger partial charge in [0.05, 0.1) is 34.2 Å². The Bertz CT molecular complexity index is 1720. The molecule has 5 rings (SSSR count). The largest absolute Gasteiger partial charge is 0.477 e. The molecule has 0 radical (unpaired) electrons. The van der Waals surface area contributed by atoms with Crippen molar-refractivity contribution in [1.29, 1.82) is 0 Å². The number of carboxylic acids is 1. The summed E-state index contributed by atoms with van der Waals surface area (Å²) in [6.45, 7) is 4.85. The highest BCUT2D eigenvalue weighted by atomic mass is 35.5. The maximum Gasteiger partial charge on any atom is 0.341 e. The number of ether oxygens (including phenoxy) is 1. The van der Waals surface area contributed by atoms with Crippen LogP contribution in [0, 0.1) is 5.92 Å². The van der Waals surface area contributed by atoms with Crippen molar-refractivity contribution in [2.45, 2.75) is 25.4 Å². The van der Waals surface area contributed by atoms with E-state index < -0.39 is 11.4 Å². The number of allylic oxidation sites excluding steroid dienone is 3. The molecule has 3 aromatic rings. The Kier molecular flexibility index (Phi) is 9.71. The highest BCUT2D eigenvalue weighted by molar-refractivity contribution is 6.34. The predicted molar refractivity (Wildman–Crippen MR) is 177 cm³/mol. The number of carbonyl (C=O) groups is 2. The predicted octanol–water partition coefficient (Wildman–Crippen LogP) is 4.10. The molecule has 0 bridgehead atoms. The van der Waals surface area contributed by atoms with Crippen molar-refractivity contribution in [3.63, 3.8) is 0 Å². The number of nitrogens with one attached hydrogen (secondary N) is 1. The van der Waals surface area contributed by atoms with Gasteiger partial charge >= 0.3 is 5.97 Å². The van der Waals surface area contributed by atoms with E-state index in [1.165, 1.54) is 18.3 Å². The van der Waals surface area contributed by atoms with Gasteiger partial charge in [-0.3, -0.25) is 9.59 Å². The maximum atomic E-state index is 13.3. The number of likely N-dealkylation sites (N-methyl/N-ethyl adjacent to an activating group) is 1. The fourth-order valence-corrected chi connectivity index (χ4v) is 6.33. The second-order valence-corrected chi connectivity index (χ2v) is 12.5. The Labute approximate surface area is 271 Å². The molecule has 1 aromatic carbocycles. The number of carbonyl (C=O) groups excluding carboxylic acids is 1. The van der Waals surface area contributed by atoms with Crippen LogP contribution in [0.25, 0.3) is 16.6 Å². The molecule has 2 aliphatic heterocycles. The van der Waals surface area contributed by atoms with Gasteiger partial charge < -0.3 is 34.4 Å². The third-order valence-electron chi connectivity index (χ3n) is 8.35. The summed E-state index contributed by atoms with van der Waals surface area (Å²) in [5.41, 5.74) is 0.840. The Morgan fingerprint density at radius 1 is 1.24 bits per heavy atom. The van der Waals surface area contributed by atoms with Crippen molar-refractivity contribution in [2.24, 2.45) is 5.92 Å². The van der Waals surface area contributed by atoms with Gasteiger partial charge in [-0.05, 0) is 62.9 Å². The Hall–Kier alpha value is -4.06. The molecule has 0 saturated carbocycles. The minimum absolute atomic E-state index is 0.0836. The number of nitrogens with zero attached hydrogens (tertiary/aromatic N) is 5. The zero-order chi connectivity index (χ0) is 32.4. The number of hydrogen-bond acceptors (Lipinski definition) is 9. The summed E-state index contributed by atoms with van der Waals surface area (Å²) in [6.07, 6.45) is 7.21. The molecule has 2 aromatic heterocycles. The number of benzene rings is 1. The lowest BCUT2D eigenvalue weighted by atomic mass is 10.1. The Morgan fingerprint density at radius 2 is 2.00 bits per heavy atom. The number of carboxylic acid groups (broad SMARTS) is 1. The minimum Gasteiger partial charge on any atom is -0.477 e. The van der Waals surface area contributed by atoms with Crippen molar-refractivity contribution >= 4 is 57.9 Å². The van der Waals surface area contributed by atoms with E-state index in [1.54, 1.807) is 23.9 Å². The number of halogens is 2. The number of aromatic carboxylic acids is 1. The van der Waals surface area contributed by atoms with Crippen LogP contribution in [-0.4, -0.2) is 91.3 Å². The van der Waals surface area contributed by atoms with Crippen LogP contribution < -0.4 is 20.5 Å². The quantitative estimate of drug-likeness (QED) is 0.135. The van der Waals surface area contributed by atoms with E-state index in [9.17, 15) is 19.5 Å². The SMILES string of the molecule is CN/C(OCC1CC(C)CN1c1cc2c(cc1Cl)c(=O)c(C(=O)O)cn2-c1ccc(N2CC(N(C)C)C2)nc1)=C(Cl)\C=C/C=O. The van der Waals surface area contributed by atoms with Gasteiger partial charge in [0.15, 0.2) is 0 Å². The molecule has 2 N–H and O–H groups in total. The Balaban J connectivity index is 1.52. The normalized spacial score (nSPS) is 19.3. The number of anilines is 2. The lowest BCUT2D eigenvalue weighted by Gasteiger charge is -2.43. The van der Waals surface area contributed by atoms with E-state index in [-0.39, 0.29) is 28.6 Å². The van der Waals surface area contributed by atoms with E-state index in [2.05, 4.69) is 46.0 Å². The molecule has 0 amide bonds. The van der Waals surface area contributed by atoms with Crippen molar-refractivity contribution < 1.29 is 19.4 Å². The zero-order valence-corrected chi connectivity index (χ0v) is 27.0. The summed E-state index contributed by atoms with van der Waals surface area (Å²) in [4.78, 5) is 47.3. The molecular weight excluding hydrogens is 619 g/mol. The highest BCUT2D eigenvalue weighted by Gasteiger charge is 2.33. The summed E-state index contributed by atoms with van der Waals surface area (Å²) in [7, 11) is 5.79. The molecule has 2 fully saturated rings. The summed E-state index contributed by atoms with van der Waals surface area (Å²) in [5.74, 6) is 0.159. The first kappa shape index (κ1) is 32.3. The molecule has 45 heavy (non-hydrogen) atoms. The van der Waals surface area contributed by atoms with Crippen LogP contribution in [0.3, 0.4) is 0 Å². The lowest BCUT2D eigenvalue weighted by Crippen LogP contribution is -2.57. The van der Waals surface area contributed by atoms with E-state index in [0.29, 0.717) is 52.6 Å². The molecule has 2 atom stereocenters. The van der Waals surface area contributed by atoms with Crippen molar-refractivity contribution in [3.05, 3.63) is 80.5 Å². The van der Waals surface area contributed by atoms with Crippen LogP contribution in [-0.2, 0) is 9.53 Å². The molecule has 11 nitrogen and oxygen atoms in total. The van der Waals surface area contributed by atoms with Crippen molar-refractivity contribution in [2.75, 3.05) is 57.2 Å². The van der Waals surface area contributed by atoms with Crippen LogP contribution >= 0.6 is 23.2 Å². The average molecular weight is 656 g/mol. The minimum atomic E-state index is -1.32. The van der Waals surface area contributed by atoms with E-state index in [1.807, 2.05) is 18.2 Å². The number of hydrogen-bond donors (Lipinski definition) is 2. The molecule has 0 spiro atoms. The second kappa shape index (κ2) is 13.5. The van der Waals surface area contributed by atoms with Gasteiger partial charge in [-0.25, -0.2) is 9.78 Å². The standard InChI is InChI=1S/C32H36Cl2N6O5/c1-19-10-21(18-45-31(35-2)25(33)6-5-9-41)39(14-19)28-12-27-23(11-26(28)34)30(42)24(32(43)44)17-40(27)20-7-8-29(36-13-20)38-15-22(16-38)37(3)4/h5-9,11-13,17,19,21-22,35H,10,14-16,18H2,1-4H3,(H,43,44)/b6-5-,31-25-. The zero-order valence-electron chi connectivity index (χ0n) is 25.5. The second-order valence-electron chi connectivity index (χ2n) is 11.6. The topological polar surface area (TPSA) is 120 Å². The van der Waals surface area contributed by atoms with Gasteiger partial charge in [-0.1, -0.05) is 30.1 Å². The maximum absolute atomic E-state index is 13.3. The first-order valence-electron chi connectivity index (χ1n) is 14.6. The van der Waals surface area contributed by atoms with Crippen molar-refractivity contribution in [3.8, 4) is 5.69 Å². The molecule has 238 valence electrons. The van der Waals surface area contributed by atoms with Crippen LogP contribution in [0.2, 0.25) is 5.02 Å². The van der Waals surface area contributed by atoms with Crippen molar-refractivity contribution in [1.82, 2.24) is 19.8 Å². The molecule has 2 aliphatic rings. The Morgan fingerprint density at radius 3 is 2.62 bits per heavy atom. The number of rotatable bonds is 11. The average Bonchev–Trinajstić information content (AvgIpc) is 3.35.